The van der Waals surface area contributed by atoms with Crippen LogP contribution in [0, 0.1) is 11.3 Å². The Morgan fingerprint density at radius 3 is 2.67 bits per heavy atom. The number of anilines is 1. The van der Waals surface area contributed by atoms with E-state index in [9.17, 15) is 4.79 Å². The van der Waals surface area contributed by atoms with Gasteiger partial charge in [-0.2, -0.15) is 5.26 Å². The second kappa shape index (κ2) is 5.39. The van der Waals surface area contributed by atoms with Gasteiger partial charge in [-0.15, -0.1) is 0 Å². The summed E-state index contributed by atoms with van der Waals surface area (Å²) in [5, 5.41) is 11.2. The Labute approximate surface area is 139 Å². The summed E-state index contributed by atoms with van der Waals surface area (Å²) >= 11 is 0. The first-order valence-corrected chi connectivity index (χ1v) is 7.63. The van der Waals surface area contributed by atoms with Crippen LogP contribution in [0.25, 0.3) is 10.8 Å². The molecule has 0 aliphatic carbocycles. The molecule has 4 heteroatoms. The molecule has 3 aromatic carbocycles. The maximum atomic E-state index is 12.9. The molecular weight excluding hydrogens is 300 g/mol. The molecular formula is C20H14N2O2. The van der Waals surface area contributed by atoms with Crippen LogP contribution in [0.2, 0.25) is 0 Å². The van der Waals surface area contributed by atoms with Gasteiger partial charge in [0.15, 0.2) is 0 Å². The number of nitriles is 1. The van der Waals surface area contributed by atoms with Crippen LogP contribution in [0.3, 0.4) is 0 Å². The third-order valence-electron chi connectivity index (χ3n) is 4.39. The van der Waals surface area contributed by atoms with Crippen molar-refractivity contribution in [2.24, 2.45) is 0 Å². The first-order valence-electron chi connectivity index (χ1n) is 7.63. The number of methoxy groups -OCH3 is 1. The summed E-state index contributed by atoms with van der Waals surface area (Å²) in [7, 11) is 1.59. The van der Waals surface area contributed by atoms with Crippen molar-refractivity contribution >= 4 is 22.4 Å². The lowest BCUT2D eigenvalue weighted by Gasteiger charge is -2.19. The standard InChI is InChI=1S/C20H14N2O2/c1-24-18-9-8-13(11-21)10-15(18)12-22-17-7-3-5-14-4-2-6-16(19(14)17)20(22)23/h2-10H,12H2,1H3. The molecule has 0 spiro atoms. The smallest absolute Gasteiger partial charge is 0.259 e. The third kappa shape index (κ3) is 2.03. The van der Waals surface area contributed by atoms with E-state index in [1.165, 1.54) is 0 Å². The van der Waals surface area contributed by atoms with Crippen LogP contribution in [-0.2, 0) is 6.54 Å². The number of nitrogens with zero attached hydrogens (tertiary/aromatic N) is 2. The van der Waals surface area contributed by atoms with E-state index >= 15 is 0 Å². The lowest BCUT2D eigenvalue weighted by Crippen LogP contribution is -2.26. The highest BCUT2D eigenvalue weighted by molar-refractivity contribution is 6.24. The second-order valence-electron chi connectivity index (χ2n) is 5.71. The van der Waals surface area contributed by atoms with E-state index in [1.54, 1.807) is 30.2 Å². The Kier molecular flexibility index (Phi) is 3.21. The van der Waals surface area contributed by atoms with Crippen LogP contribution < -0.4 is 9.64 Å². The maximum absolute atomic E-state index is 12.9. The molecule has 0 saturated heterocycles. The quantitative estimate of drug-likeness (QED) is 0.737. The predicted molar refractivity (Wildman–Crippen MR) is 92.2 cm³/mol. The highest BCUT2D eigenvalue weighted by Crippen LogP contribution is 2.38. The Bertz CT molecular complexity index is 1010. The number of benzene rings is 3. The monoisotopic (exact) mass is 314 g/mol. The summed E-state index contributed by atoms with van der Waals surface area (Å²) in [6.07, 6.45) is 0. The van der Waals surface area contributed by atoms with Crippen molar-refractivity contribution in [3.8, 4) is 11.8 Å². The van der Waals surface area contributed by atoms with Crippen molar-refractivity contribution in [2.75, 3.05) is 12.0 Å². The maximum Gasteiger partial charge on any atom is 0.259 e. The summed E-state index contributed by atoms with van der Waals surface area (Å²) in [6, 6.07) is 19.1. The molecule has 0 saturated carbocycles. The average Bonchev–Trinajstić information content (AvgIpc) is 2.90. The second-order valence-corrected chi connectivity index (χ2v) is 5.71. The highest BCUT2D eigenvalue weighted by atomic mass is 16.5. The van der Waals surface area contributed by atoms with Crippen molar-refractivity contribution in [3.63, 3.8) is 0 Å². The zero-order valence-corrected chi connectivity index (χ0v) is 13.1. The fourth-order valence-electron chi connectivity index (χ4n) is 3.28. The van der Waals surface area contributed by atoms with Crippen LogP contribution in [-0.4, -0.2) is 13.0 Å². The van der Waals surface area contributed by atoms with Crippen molar-refractivity contribution < 1.29 is 9.53 Å². The molecule has 1 amide bonds. The lowest BCUT2D eigenvalue weighted by atomic mass is 10.1. The molecule has 0 radical (unpaired) electrons. The molecule has 1 aliphatic heterocycles. The van der Waals surface area contributed by atoms with E-state index in [1.807, 2.05) is 36.4 Å². The average molecular weight is 314 g/mol. The van der Waals surface area contributed by atoms with Gasteiger partial charge in [0.2, 0.25) is 0 Å². The van der Waals surface area contributed by atoms with Gasteiger partial charge in [-0.25, -0.2) is 0 Å². The Balaban J connectivity index is 1.82. The molecule has 4 nitrogen and oxygen atoms in total. The van der Waals surface area contributed by atoms with Crippen LogP contribution in [0.15, 0.2) is 54.6 Å². The Morgan fingerprint density at radius 2 is 1.92 bits per heavy atom. The van der Waals surface area contributed by atoms with E-state index in [4.69, 9.17) is 10.00 Å². The molecule has 0 unspecified atom stereocenters. The number of hydrogen-bond donors (Lipinski definition) is 0. The predicted octanol–water partition coefficient (Wildman–Crippen LogP) is 3.88. The molecule has 116 valence electrons. The van der Waals surface area contributed by atoms with Crippen molar-refractivity contribution in [1.82, 2.24) is 0 Å². The van der Waals surface area contributed by atoms with Crippen molar-refractivity contribution in [1.29, 1.82) is 5.26 Å². The van der Waals surface area contributed by atoms with Crippen molar-refractivity contribution in [2.45, 2.75) is 6.54 Å². The summed E-state index contributed by atoms with van der Waals surface area (Å²) < 4.78 is 5.39. The largest absolute Gasteiger partial charge is 0.496 e. The van der Waals surface area contributed by atoms with E-state index in [0.717, 1.165) is 27.6 Å². The molecule has 1 aliphatic rings. The zero-order valence-electron chi connectivity index (χ0n) is 13.1. The van der Waals surface area contributed by atoms with Crippen LogP contribution >= 0.6 is 0 Å². The number of hydrogen-bond acceptors (Lipinski definition) is 3. The molecule has 1 heterocycles. The number of carbonyl (C=O) groups excluding carboxylic acids is 1. The number of ether oxygens (including phenoxy) is 1. The van der Waals surface area contributed by atoms with Crippen LogP contribution in [0.1, 0.15) is 21.5 Å². The third-order valence-corrected chi connectivity index (χ3v) is 4.39. The molecule has 3 aromatic rings. The minimum atomic E-state index is -0.0220. The van der Waals surface area contributed by atoms with Gasteiger partial charge in [-0.1, -0.05) is 24.3 Å². The van der Waals surface area contributed by atoms with Gasteiger partial charge >= 0.3 is 0 Å². The molecule has 0 bridgehead atoms. The molecule has 0 fully saturated rings. The number of carbonyl (C=O) groups is 1. The fraction of sp³-hybridized carbons (Fsp3) is 0.100. The number of rotatable bonds is 3. The Morgan fingerprint density at radius 1 is 1.12 bits per heavy atom. The van der Waals surface area contributed by atoms with E-state index < -0.39 is 0 Å². The minimum absolute atomic E-state index is 0.0220. The summed E-state index contributed by atoms with van der Waals surface area (Å²) in [5.74, 6) is 0.649. The van der Waals surface area contributed by atoms with Gasteiger partial charge in [0.05, 0.1) is 31.0 Å². The summed E-state index contributed by atoms with van der Waals surface area (Å²) in [5.41, 5.74) is 2.99. The lowest BCUT2D eigenvalue weighted by molar-refractivity contribution is 0.0991. The molecule has 0 aromatic heterocycles. The topological polar surface area (TPSA) is 53.3 Å². The van der Waals surface area contributed by atoms with E-state index in [2.05, 4.69) is 6.07 Å². The Hall–Kier alpha value is -3.32. The van der Waals surface area contributed by atoms with Gasteiger partial charge in [-0.3, -0.25) is 4.79 Å². The van der Waals surface area contributed by atoms with Crippen LogP contribution in [0.4, 0.5) is 5.69 Å². The van der Waals surface area contributed by atoms with Crippen molar-refractivity contribution in [3.05, 3.63) is 71.3 Å². The van der Waals surface area contributed by atoms with Gasteiger partial charge in [0.1, 0.15) is 5.75 Å². The zero-order chi connectivity index (χ0) is 16.7. The molecule has 24 heavy (non-hydrogen) atoms. The fourth-order valence-corrected chi connectivity index (χ4v) is 3.28. The van der Waals surface area contributed by atoms with E-state index in [-0.39, 0.29) is 5.91 Å². The normalized spacial score (nSPS) is 12.5. The number of amides is 1. The molecule has 0 atom stereocenters. The first kappa shape index (κ1) is 14.3. The first-order chi connectivity index (χ1) is 11.7. The molecule has 4 rings (SSSR count). The SMILES string of the molecule is COc1ccc(C#N)cc1CN1C(=O)c2cccc3cccc1c23. The summed E-state index contributed by atoms with van der Waals surface area (Å²) in [4.78, 5) is 14.6. The van der Waals surface area contributed by atoms with Gasteiger partial charge < -0.3 is 9.64 Å². The minimum Gasteiger partial charge on any atom is -0.496 e. The molecule has 0 N–H and O–H groups in total. The highest BCUT2D eigenvalue weighted by Gasteiger charge is 2.30. The summed E-state index contributed by atoms with van der Waals surface area (Å²) in [6.45, 7) is 0.366. The van der Waals surface area contributed by atoms with Gasteiger partial charge in [0, 0.05) is 16.5 Å². The van der Waals surface area contributed by atoms with Gasteiger partial charge in [0.25, 0.3) is 5.91 Å². The van der Waals surface area contributed by atoms with Gasteiger partial charge in [-0.05, 0) is 35.7 Å². The van der Waals surface area contributed by atoms with Crippen LogP contribution in [0.5, 0.6) is 5.75 Å². The van der Waals surface area contributed by atoms with E-state index in [0.29, 0.717) is 17.9 Å².